The maximum Gasteiger partial charge on any atom is 0.144 e. The number of carbonyl (C=O) groups excluding carboxylic acids is 1. The van der Waals surface area contributed by atoms with Crippen LogP contribution in [0, 0.1) is 23.2 Å². The molecule has 5 atom stereocenters. The Kier molecular flexibility index (Phi) is 8.19. The molecule has 1 aliphatic carbocycles. The number of hydrogen-bond donors (Lipinski definition) is 3. The van der Waals surface area contributed by atoms with Crippen molar-refractivity contribution in [1.29, 1.82) is 5.26 Å². The number of nitrogens with one attached hydrogen (secondary N) is 2. The predicted octanol–water partition coefficient (Wildman–Crippen LogP) is 2.62. The fraction of sp³-hybridized carbons (Fsp3) is 0.560. The van der Waals surface area contributed by atoms with Crippen molar-refractivity contribution in [3.63, 3.8) is 0 Å². The number of likely N-dealkylation sites (N-methyl/N-ethyl adjacent to an activating group) is 1. The summed E-state index contributed by atoms with van der Waals surface area (Å²) in [6.07, 6.45) is 11.0. The van der Waals surface area contributed by atoms with Crippen LogP contribution in [-0.2, 0) is 16.8 Å². The molecule has 0 bridgehead atoms. The Morgan fingerprint density at radius 2 is 2.31 bits per heavy atom. The molecule has 0 aromatic heterocycles. The SMILES string of the molecule is CCC(C)CCC[C@@H]1Cc2ccc(C#N)cc2C1(C=O)NC(N)N(C)CC1N=CC=CN1. The van der Waals surface area contributed by atoms with Crippen LogP contribution in [0.2, 0.25) is 0 Å². The van der Waals surface area contributed by atoms with Crippen LogP contribution in [-0.4, -0.2) is 43.4 Å². The van der Waals surface area contributed by atoms with Crippen LogP contribution in [0.4, 0.5) is 0 Å². The van der Waals surface area contributed by atoms with E-state index in [4.69, 9.17) is 5.73 Å². The smallest absolute Gasteiger partial charge is 0.144 e. The largest absolute Gasteiger partial charge is 0.369 e. The first-order chi connectivity index (χ1) is 15.4. The predicted molar refractivity (Wildman–Crippen MR) is 128 cm³/mol. The lowest BCUT2D eigenvalue weighted by atomic mass is 9.80. The van der Waals surface area contributed by atoms with Crippen molar-refractivity contribution in [2.24, 2.45) is 22.6 Å². The summed E-state index contributed by atoms with van der Waals surface area (Å²) in [6, 6.07) is 7.90. The number of nitrogens with zero attached hydrogens (tertiary/aromatic N) is 3. The number of carbonyl (C=O) groups is 1. The number of hydrogen-bond acceptors (Lipinski definition) is 7. The third kappa shape index (κ3) is 5.26. The van der Waals surface area contributed by atoms with Gasteiger partial charge >= 0.3 is 0 Å². The monoisotopic (exact) mass is 436 g/mol. The fourth-order valence-corrected chi connectivity index (χ4v) is 4.74. The number of rotatable bonds is 11. The van der Waals surface area contributed by atoms with Gasteiger partial charge in [-0.2, -0.15) is 5.26 Å². The van der Waals surface area contributed by atoms with E-state index >= 15 is 0 Å². The Hall–Kier alpha value is -2.53. The number of nitrogens with two attached hydrogens (primary N) is 1. The number of benzene rings is 1. The summed E-state index contributed by atoms with van der Waals surface area (Å²) >= 11 is 0. The highest BCUT2D eigenvalue weighted by atomic mass is 16.1. The maximum absolute atomic E-state index is 12.7. The summed E-state index contributed by atoms with van der Waals surface area (Å²) in [5.74, 6) is 0.773. The average Bonchev–Trinajstić information content (AvgIpc) is 3.11. The number of fused-ring (bicyclic) bond motifs is 1. The van der Waals surface area contributed by atoms with Crippen LogP contribution in [0.1, 0.15) is 56.2 Å². The number of nitriles is 1. The van der Waals surface area contributed by atoms with Crippen molar-refractivity contribution in [2.75, 3.05) is 13.6 Å². The number of aldehydes is 1. The van der Waals surface area contributed by atoms with Gasteiger partial charge in [-0.25, -0.2) is 0 Å². The van der Waals surface area contributed by atoms with E-state index < -0.39 is 11.8 Å². The quantitative estimate of drug-likeness (QED) is 0.364. The Labute approximate surface area is 191 Å². The minimum Gasteiger partial charge on any atom is -0.369 e. The second-order valence-electron chi connectivity index (χ2n) is 9.18. The lowest BCUT2D eigenvalue weighted by Gasteiger charge is -2.39. The zero-order valence-corrected chi connectivity index (χ0v) is 19.4. The molecule has 7 nitrogen and oxygen atoms in total. The van der Waals surface area contributed by atoms with E-state index in [1.165, 1.54) is 0 Å². The van der Waals surface area contributed by atoms with Gasteiger partial charge in [0, 0.05) is 12.8 Å². The van der Waals surface area contributed by atoms with Gasteiger partial charge in [-0.05, 0) is 67.3 Å². The second kappa shape index (κ2) is 10.9. The summed E-state index contributed by atoms with van der Waals surface area (Å²) < 4.78 is 0. The molecule has 7 heteroatoms. The third-order valence-corrected chi connectivity index (χ3v) is 6.99. The molecule has 172 valence electrons. The minimum absolute atomic E-state index is 0.0857. The summed E-state index contributed by atoms with van der Waals surface area (Å²) in [6.45, 7) is 5.08. The number of allylic oxidation sites excluding steroid dienone is 1. The fourth-order valence-electron chi connectivity index (χ4n) is 4.74. The Balaban J connectivity index is 1.82. The van der Waals surface area contributed by atoms with Gasteiger partial charge in [-0.3, -0.25) is 15.2 Å². The molecule has 32 heavy (non-hydrogen) atoms. The summed E-state index contributed by atoms with van der Waals surface area (Å²) in [5, 5.41) is 16.1. The lowest BCUT2D eigenvalue weighted by Crippen LogP contribution is -2.62. The molecule has 0 radical (unpaired) electrons. The molecule has 1 aromatic rings. The molecule has 1 heterocycles. The van der Waals surface area contributed by atoms with Crippen molar-refractivity contribution in [2.45, 2.75) is 63.9 Å². The number of aliphatic imine (C=N–C) groups is 1. The van der Waals surface area contributed by atoms with E-state index in [1.54, 1.807) is 6.21 Å². The normalized spacial score (nSPS) is 25.8. The molecule has 0 fully saturated rings. The average molecular weight is 437 g/mol. The molecule has 0 saturated heterocycles. The Morgan fingerprint density at radius 3 is 2.97 bits per heavy atom. The van der Waals surface area contributed by atoms with Gasteiger partial charge < -0.3 is 15.8 Å². The molecule has 3 rings (SSSR count). The standard InChI is InChI=1S/C25H36N6O/c1-4-18(2)7-5-8-21-14-20-10-9-19(15-26)13-22(20)25(21,17-32)30-24(27)31(3)16-23-28-11-6-12-29-23/h6,9-13,17-18,21,23-24,28,30H,4-5,7-8,14,16,27H2,1-3H3/t18?,21-,23?,24?,25?/m1/s1. The highest BCUT2D eigenvalue weighted by Crippen LogP contribution is 2.43. The van der Waals surface area contributed by atoms with Crippen molar-refractivity contribution < 1.29 is 4.79 Å². The van der Waals surface area contributed by atoms with E-state index in [0.29, 0.717) is 18.0 Å². The van der Waals surface area contributed by atoms with Crippen LogP contribution in [0.3, 0.4) is 0 Å². The van der Waals surface area contributed by atoms with Gasteiger partial charge in [0.1, 0.15) is 24.3 Å². The summed E-state index contributed by atoms with van der Waals surface area (Å²) in [5.41, 5.74) is 8.22. The Bertz CT molecular complexity index is 891. The molecular formula is C25H36N6O. The Morgan fingerprint density at radius 1 is 1.50 bits per heavy atom. The van der Waals surface area contributed by atoms with Gasteiger partial charge in [0.25, 0.3) is 0 Å². The van der Waals surface area contributed by atoms with Crippen molar-refractivity contribution >= 4 is 12.5 Å². The van der Waals surface area contributed by atoms with Crippen molar-refractivity contribution in [1.82, 2.24) is 15.5 Å². The van der Waals surface area contributed by atoms with Crippen LogP contribution in [0.15, 0.2) is 35.5 Å². The highest BCUT2D eigenvalue weighted by Gasteiger charge is 2.47. The third-order valence-electron chi connectivity index (χ3n) is 6.99. The zero-order chi connectivity index (χ0) is 23.1. The van der Waals surface area contributed by atoms with Crippen LogP contribution < -0.4 is 16.4 Å². The van der Waals surface area contributed by atoms with Gasteiger partial charge in [0.2, 0.25) is 0 Å². The lowest BCUT2D eigenvalue weighted by molar-refractivity contribution is -0.116. The minimum atomic E-state index is -0.908. The van der Waals surface area contributed by atoms with E-state index in [-0.39, 0.29) is 12.1 Å². The molecule has 2 aliphatic rings. The van der Waals surface area contributed by atoms with E-state index in [1.807, 2.05) is 42.4 Å². The van der Waals surface area contributed by atoms with Gasteiger partial charge in [0.15, 0.2) is 0 Å². The van der Waals surface area contributed by atoms with Crippen LogP contribution in [0.25, 0.3) is 0 Å². The van der Waals surface area contributed by atoms with Crippen LogP contribution in [0.5, 0.6) is 0 Å². The zero-order valence-electron chi connectivity index (χ0n) is 19.4. The molecule has 0 spiro atoms. The highest BCUT2D eigenvalue weighted by molar-refractivity contribution is 5.73. The molecule has 1 aromatic carbocycles. The summed E-state index contributed by atoms with van der Waals surface area (Å²) in [7, 11) is 1.92. The second-order valence-corrected chi connectivity index (χ2v) is 9.18. The molecule has 1 aliphatic heterocycles. The first kappa shape index (κ1) is 24.1. The van der Waals surface area contributed by atoms with E-state index in [2.05, 4.69) is 35.5 Å². The van der Waals surface area contributed by atoms with Gasteiger partial charge in [-0.1, -0.05) is 39.2 Å². The van der Waals surface area contributed by atoms with Crippen molar-refractivity contribution in [3.05, 3.63) is 47.2 Å². The van der Waals surface area contributed by atoms with Gasteiger partial charge in [-0.15, -0.1) is 0 Å². The summed E-state index contributed by atoms with van der Waals surface area (Å²) in [4.78, 5) is 19.1. The topological polar surface area (TPSA) is 107 Å². The first-order valence-corrected chi connectivity index (χ1v) is 11.6. The molecular weight excluding hydrogens is 400 g/mol. The molecule has 0 saturated carbocycles. The molecule has 4 unspecified atom stereocenters. The first-order valence-electron chi connectivity index (χ1n) is 11.6. The van der Waals surface area contributed by atoms with Gasteiger partial charge in [0.05, 0.1) is 11.6 Å². The van der Waals surface area contributed by atoms with Crippen LogP contribution >= 0.6 is 0 Å². The maximum atomic E-state index is 12.7. The van der Waals surface area contributed by atoms with Crippen molar-refractivity contribution in [3.8, 4) is 6.07 Å². The molecule has 0 amide bonds. The van der Waals surface area contributed by atoms with E-state index in [0.717, 1.165) is 49.5 Å². The molecule has 4 N–H and O–H groups in total. The van der Waals surface area contributed by atoms with E-state index in [9.17, 15) is 10.1 Å².